The SMILES string of the molecule is CC1(C)C(C(=O)N2CCC3(CCNCC3)CC2)C1(C)C.Cl. The first kappa shape index (κ1) is 17.1. The quantitative estimate of drug-likeness (QED) is 0.806. The predicted molar refractivity (Wildman–Crippen MR) is 88.7 cm³/mol. The molecule has 122 valence electrons. The van der Waals surface area contributed by atoms with E-state index in [-0.39, 0.29) is 29.2 Å². The van der Waals surface area contributed by atoms with Gasteiger partial charge in [0.05, 0.1) is 0 Å². The molecule has 3 fully saturated rings. The van der Waals surface area contributed by atoms with Crippen molar-refractivity contribution in [3.05, 3.63) is 0 Å². The highest BCUT2D eigenvalue weighted by Crippen LogP contribution is 2.68. The molecule has 0 radical (unpaired) electrons. The second kappa shape index (κ2) is 5.42. The zero-order valence-electron chi connectivity index (χ0n) is 14.0. The van der Waals surface area contributed by atoms with Crippen molar-refractivity contribution >= 4 is 18.3 Å². The Labute approximate surface area is 135 Å². The fourth-order valence-corrected chi connectivity index (χ4v) is 4.65. The van der Waals surface area contributed by atoms with Gasteiger partial charge in [0.2, 0.25) is 5.91 Å². The zero-order valence-corrected chi connectivity index (χ0v) is 14.8. The molecular weight excluding hydrogens is 284 g/mol. The maximum atomic E-state index is 12.8. The highest BCUT2D eigenvalue weighted by atomic mass is 35.5. The second-order valence-electron chi connectivity index (χ2n) is 8.45. The molecule has 0 bridgehead atoms. The molecule has 1 amide bonds. The summed E-state index contributed by atoms with van der Waals surface area (Å²) >= 11 is 0. The highest BCUT2D eigenvalue weighted by molar-refractivity contribution is 5.85. The Morgan fingerprint density at radius 1 is 0.952 bits per heavy atom. The lowest BCUT2D eigenvalue weighted by Gasteiger charge is -2.44. The first-order chi connectivity index (χ1) is 9.30. The van der Waals surface area contributed by atoms with Crippen LogP contribution in [0.3, 0.4) is 0 Å². The first-order valence-electron chi connectivity index (χ1n) is 8.30. The zero-order chi connectivity index (χ0) is 14.6. The topological polar surface area (TPSA) is 32.3 Å². The Kier molecular flexibility index (Phi) is 4.41. The van der Waals surface area contributed by atoms with E-state index in [1.807, 2.05) is 0 Å². The molecule has 3 nitrogen and oxygen atoms in total. The lowest BCUT2D eigenvalue weighted by Crippen LogP contribution is -2.48. The maximum Gasteiger partial charge on any atom is 0.226 e. The Bertz CT molecular complexity index is 389. The molecule has 1 saturated carbocycles. The summed E-state index contributed by atoms with van der Waals surface area (Å²) in [5.74, 6) is 0.654. The van der Waals surface area contributed by atoms with E-state index in [1.165, 1.54) is 25.7 Å². The van der Waals surface area contributed by atoms with Crippen LogP contribution in [0.5, 0.6) is 0 Å². The molecule has 0 aromatic carbocycles. The summed E-state index contributed by atoms with van der Waals surface area (Å²) in [4.78, 5) is 14.9. The summed E-state index contributed by atoms with van der Waals surface area (Å²) in [5, 5.41) is 3.46. The Morgan fingerprint density at radius 2 is 1.43 bits per heavy atom. The van der Waals surface area contributed by atoms with E-state index in [9.17, 15) is 4.79 Å². The fraction of sp³-hybridized carbons (Fsp3) is 0.941. The number of nitrogens with one attached hydrogen (secondary N) is 1. The molecule has 0 unspecified atom stereocenters. The van der Waals surface area contributed by atoms with Gasteiger partial charge in [0.15, 0.2) is 0 Å². The number of hydrogen-bond acceptors (Lipinski definition) is 2. The third-order valence-electron chi connectivity index (χ3n) is 7.07. The smallest absolute Gasteiger partial charge is 0.226 e. The summed E-state index contributed by atoms with van der Waals surface area (Å²) in [6.45, 7) is 13.3. The molecular formula is C17H31ClN2O. The lowest BCUT2D eigenvalue weighted by molar-refractivity contribution is -0.136. The summed E-state index contributed by atoms with van der Waals surface area (Å²) in [5.41, 5.74) is 0.887. The van der Waals surface area contributed by atoms with E-state index >= 15 is 0 Å². The molecule has 1 N–H and O–H groups in total. The van der Waals surface area contributed by atoms with E-state index < -0.39 is 0 Å². The number of likely N-dealkylation sites (tertiary alicyclic amines) is 1. The Morgan fingerprint density at radius 3 is 1.86 bits per heavy atom. The van der Waals surface area contributed by atoms with Crippen LogP contribution in [0, 0.1) is 22.2 Å². The van der Waals surface area contributed by atoms with Crippen LogP contribution in [0.1, 0.15) is 53.4 Å². The van der Waals surface area contributed by atoms with Gasteiger partial charge in [-0.2, -0.15) is 0 Å². The molecule has 3 aliphatic rings. The Balaban J connectivity index is 0.00000161. The van der Waals surface area contributed by atoms with Crippen LogP contribution < -0.4 is 5.32 Å². The molecule has 3 rings (SSSR count). The van der Waals surface area contributed by atoms with Crippen LogP contribution in [0.25, 0.3) is 0 Å². The third kappa shape index (κ3) is 2.61. The third-order valence-corrected chi connectivity index (χ3v) is 7.07. The van der Waals surface area contributed by atoms with Gasteiger partial charge in [-0.1, -0.05) is 27.7 Å². The van der Waals surface area contributed by atoms with Gasteiger partial charge in [-0.15, -0.1) is 12.4 Å². The number of piperidine rings is 2. The number of carbonyl (C=O) groups excluding carboxylic acids is 1. The fourth-order valence-electron chi connectivity index (χ4n) is 4.65. The summed E-state index contributed by atoms with van der Waals surface area (Å²) in [7, 11) is 0. The van der Waals surface area contributed by atoms with Crippen LogP contribution in [0.4, 0.5) is 0 Å². The largest absolute Gasteiger partial charge is 0.342 e. The number of hydrogen-bond donors (Lipinski definition) is 1. The van der Waals surface area contributed by atoms with Crippen LogP contribution >= 0.6 is 12.4 Å². The average molecular weight is 315 g/mol. The number of amides is 1. The number of nitrogens with zero attached hydrogens (tertiary/aromatic N) is 1. The maximum absolute atomic E-state index is 12.8. The van der Waals surface area contributed by atoms with Crippen molar-refractivity contribution in [2.45, 2.75) is 53.4 Å². The average Bonchev–Trinajstić information content (AvgIpc) is 2.81. The summed E-state index contributed by atoms with van der Waals surface area (Å²) in [6, 6.07) is 0. The van der Waals surface area contributed by atoms with Crippen LogP contribution in [-0.2, 0) is 4.79 Å². The molecule has 2 saturated heterocycles. The molecule has 0 atom stereocenters. The molecule has 21 heavy (non-hydrogen) atoms. The normalized spacial score (nSPS) is 29.8. The molecule has 1 spiro atoms. The van der Waals surface area contributed by atoms with Gasteiger partial charge in [0.1, 0.15) is 0 Å². The van der Waals surface area contributed by atoms with Gasteiger partial charge in [-0.3, -0.25) is 4.79 Å². The second-order valence-corrected chi connectivity index (χ2v) is 8.45. The first-order valence-corrected chi connectivity index (χ1v) is 8.30. The van der Waals surface area contributed by atoms with Crippen molar-refractivity contribution in [1.29, 1.82) is 0 Å². The van der Waals surface area contributed by atoms with Crippen molar-refractivity contribution in [2.24, 2.45) is 22.2 Å². The molecule has 0 aromatic rings. The van der Waals surface area contributed by atoms with Gasteiger partial charge in [0.25, 0.3) is 0 Å². The van der Waals surface area contributed by atoms with Crippen molar-refractivity contribution in [2.75, 3.05) is 26.2 Å². The Hall–Kier alpha value is -0.280. The molecule has 4 heteroatoms. The predicted octanol–water partition coefficient (Wildman–Crippen LogP) is 3.08. The van der Waals surface area contributed by atoms with Crippen LogP contribution in [0.2, 0.25) is 0 Å². The molecule has 2 heterocycles. The van der Waals surface area contributed by atoms with Crippen molar-refractivity contribution in [3.63, 3.8) is 0 Å². The van der Waals surface area contributed by atoms with E-state index in [0.29, 0.717) is 11.3 Å². The van der Waals surface area contributed by atoms with Crippen molar-refractivity contribution < 1.29 is 4.79 Å². The minimum atomic E-state index is 0. The summed E-state index contributed by atoms with van der Waals surface area (Å²) in [6.07, 6.45) is 5.03. The van der Waals surface area contributed by atoms with E-state index in [4.69, 9.17) is 0 Å². The van der Waals surface area contributed by atoms with Crippen LogP contribution in [-0.4, -0.2) is 37.0 Å². The summed E-state index contributed by atoms with van der Waals surface area (Å²) < 4.78 is 0. The highest BCUT2D eigenvalue weighted by Gasteiger charge is 2.68. The number of carbonyl (C=O) groups is 1. The minimum Gasteiger partial charge on any atom is -0.342 e. The van der Waals surface area contributed by atoms with Crippen molar-refractivity contribution in [3.8, 4) is 0 Å². The lowest BCUT2D eigenvalue weighted by atomic mass is 9.71. The van der Waals surface area contributed by atoms with Gasteiger partial charge < -0.3 is 10.2 Å². The van der Waals surface area contributed by atoms with Crippen molar-refractivity contribution in [1.82, 2.24) is 10.2 Å². The molecule has 1 aliphatic carbocycles. The standard InChI is InChI=1S/C17H30N2O.ClH/c1-15(2)13(16(15,3)4)14(20)19-11-7-17(8-12-19)5-9-18-10-6-17;/h13,18H,5-12H2,1-4H3;1H. The molecule has 2 aliphatic heterocycles. The molecule has 0 aromatic heterocycles. The van der Waals surface area contributed by atoms with E-state index in [1.54, 1.807) is 0 Å². The monoisotopic (exact) mass is 314 g/mol. The van der Waals surface area contributed by atoms with Gasteiger partial charge in [-0.05, 0) is 55.0 Å². The number of halogens is 1. The number of rotatable bonds is 1. The minimum absolute atomic E-state index is 0. The van der Waals surface area contributed by atoms with Gasteiger partial charge >= 0.3 is 0 Å². The van der Waals surface area contributed by atoms with Crippen LogP contribution in [0.15, 0.2) is 0 Å². The van der Waals surface area contributed by atoms with E-state index in [0.717, 1.165) is 26.2 Å². The van der Waals surface area contributed by atoms with E-state index in [2.05, 4.69) is 37.9 Å². The van der Waals surface area contributed by atoms with Gasteiger partial charge in [0, 0.05) is 19.0 Å². The van der Waals surface area contributed by atoms with Gasteiger partial charge in [-0.25, -0.2) is 0 Å².